The third-order valence-corrected chi connectivity index (χ3v) is 3.70. The van der Waals surface area contributed by atoms with E-state index in [1.165, 1.54) is 5.56 Å². The van der Waals surface area contributed by atoms with Crippen LogP contribution in [0, 0.1) is 0 Å². The monoisotopic (exact) mass is 297 g/mol. The lowest BCUT2D eigenvalue weighted by molar-refractivity contribution is -0.117. The Morgan fingerprint density at radius 3 is 2.65 bits per heavy atom. The van der Waals surface area contributed by atoms with Crippen molar-refractivity contribution in [2.24, 2.45) is 0 Å². The fourth-order valence-corrected chi connectivity index (χ4v) is 2.40. The van der Waals surface area contributed by atoms with E-state index in [1.807, 2.05) is 19.2 Å². The Balaban J connectivity index is 0.00000200. The molecule has 0 aliphatic carbocycles. The van der Waals surface area contributed by atoms with Crippen LogP contribution in [0.5, 0.6) is 0 Å². The van der Waals surface area contributed by atoms with Gasteiger partial charge in [-0.2, -0.15) is 0 Å². The summed E-state index contributed by atoms with van der Waals surface area (Å²) in [4.78, 5) is 14.1. The molecule has 2 N–H and O–H groups in total. The maximum absolute atomic E-state index is 12.0. The molecule has 0 saturated carbocycles. The molecule has 0 bridgehead atoms. The van der Waals surface area contributed by atoms with Gasteiger partial charge < -0.3 is 10.6 Å². The van der Waals surface area contributed by atoms with Gasteiger partial charge in [0.15, 0.2) is 0 Å². The number of benzene rings is 1. The van der Waals surface area contributed by atoms with Crippen molar-refractivity contribution >= 4 is 24.0 Å². The number of aryl methyl sites for hydroxylation is 1. The SMILES string of the molecule is CCc1ccc(NC(=O)CN(C)C2CCNC2)cc1.Cl. The molecule has 1 aromatic rings. The minimum Gasteiger partial charge on any atom is -0.325 e. The second-order valence-corrected chi connectivity index (χ2v) is 5.16. The van der Waals surface area contributed by atoms with E-state index in [1.54, 1.807) is 0 Å². The van der Waals surface area contributed by atoms with Crippen LogP contribution in [0.3, 0.4) is 0 Å². The first-order chi connectivity index (χ1) is 9.19. The van der Waals surface area contributed by atoms with Gasteiger partial charge in [0.25, 0.3) is 0 Å². The molecule has 0 aromatic heterocycles. The fraction of sp³-hybridized carbons (Fsp3) is 0.533. The fourth-order valence-electron chi connectivity index (χ4n) is 2.40. The van der Waals surface area contributed by atoms with Crippen molar-refractivity contribution in [3.8, 4) is 0 Å². The topological polar surface area (TPSA) is 44.4 Å². The number of hydrogen-bond donors (Lipinski definition) is 2. The Hall–Kier alpha value is -1.10. The summed E-state index contributed by atoms with van der Waals surface area (Å²) in [6.07, 6.45) is 2.14. The molecule has 20 heavy (non-hydrogen) atoms. The van der Waals surface area contributed by atoms with Crippen molar-refractivity contribution in [1.29, 1.82) is 0 Å². The molecule has 0 radical (unpaired) electrons. The lowest BCUT2D eigenvalue weighted by atomic mass is 10.1. The molecule has 1 atom stereocenters. The van der Waals surface area contributed by atoms with Crippen LogP contribution < -0.4 is 10.6 Å². The van der Waals surface area contributed by atoms with Gasteiger partial charge in [-0.3, -0.25) is 9.69 Å². The van der Waals surface area contributed by atoms with Crippen molar-refractivity contribution in [2.75, 3.05) is 32.0 Å². The largest absolute Gasteiger partial charge is 0.325 e. The molecule has 1 heterocycles. The zero-order chi connectivity index (χ0) is 13.7. The molecule has 5 heteroatoms. The lowest BCUT2D eigenvalue weighted by Crippen LogP contribution is -2.39. The van der Waals surface area contributed by atoms with Gasteiger partial charge in [0.05, 0.1) is 6.54 Å². The van der Waals surface area contributed by atoms with Gasteiger partial charge in [0, 0.05) is 18.3 Å². The van der Waals surface area contributed by atoms with Gasteiger partial charge >= 0.3 is 0 Å². The summed E-state index contributed by atoms with van der Waals surface area (Å²) in [7, 11) is 2.01. The van der Waals surface area contributed by atoms with Crippen LogP contribution in [0.2, 0.25) is 0 Å². The van der Waals surface area contributed by atoms with Crippen molar-refractivity contribution in [3.63, 3.8) is 0 Å². The van der Waals surface area contributed by atoms with E-state index in [-0.39, 0.29) is 18.3 Å². The predicted octanol–water partition coefficient (Wildman–Crippen LogP) is 1.90. The molecule has 4 nitrogen and oxygen atoms in total. The standard InChI is InChI=1S/C15H23N3O.ClH/c1-3-12-4-6-13(7-5-12)17-15(19)11-18(2)14-8-9-16-10-14;/h4-7,14,16H,3,8-11H2,1-2H3,(H,17,19);1H. The average molecular weight is 298 g/mol. The van der Waals surface area contributed by atoms with Crippen LogP contribution in [0.15, 0.2) is 24.3 Å². The molecule has 1 fully saturated rings. The summed E-state index contributed by atoms with van der Waals surface area (Å²) in [5.74, 6) is 0.0543. The molecule has 1 unspecified atom stereocenters. The molecule has 1 aliphatic heterocycles. The Labute approximate surface area is 127 Å². The Bertz CT molecular complexity index is 416. The predicted molar refractivity (Wildman–Crippen MR) is 85.6 cm³/mol. The number of carbonyl (C=O) groups excluding carboxylic acids is 1. The first-order valence-corrected chi connectivity index (χ1v) is 6.98. The van der Waals surface area contributed by atoms with E-state index in [4.69, 9.17) is 0 Å². The Morgan fingerprint density at radius 2 is 2.10 bits per heavy atom. The second-order valence-electron chi connectivity index (χ2n) is 5.16. The van der Waals surface area contributed by atoms with Crippen LogP contribution >= 0.6 is 12.4 Å². The van der Waals surface area contributed by atoms with Crippen molar-refractivity contribution in [2.45, 2.75) is 25.8 Å². The smallest absolute Gasteiger partial charge is 0.238 e. The van der Waals surface area contributed by atoms with Crippen molar-refractivity contribution in [1.82, 2.24) is 10.2 Å². The number of amides is 1. The Kier molecular flexibility index (Phi) is 6.99. The number of nitrogens with one attached hydrogen (secondary N) is 2. The van der Waals surface area contributed by atoms with Crippen LogP contribution in [0.25, 0.3) is 0 Å². The van der Waals surface area contributed by atoms with Crippen molar-refractivity contribution < 1.29 is 4.79 Å². The molecular formula is C15H24ClN3O. The number of halogens is 1. The number of carbonyl (C=O) groups is 1. The highest BCUT2D eigenvalue weighted by atomic mass is 35.5. The highest BCUT2D eigenvalue weighted by molar-refractivity contribution is 5.92. The van der Waals surface area contributed by atoms with Gasteiger partial charge in [0.1, 0.15) is 0 Å². The Morgan fingerprint density at radius 1 is 1.40 bits per heavy atom. The number of rotatable bonds is 5. The highest BCUT2D eigenvalue weighted by Crippen LogP contribution is 2.11. The molecule has 112 valence electrons. The third-order valence-electron chi connectivity index (χ3n) is 3.70. The lowest BCUT2D eigenvalue weighted by Gasteiger charge is -2.22. The van der Waals surface area contributed by atoms with Gasteiger partial charge in [-0.15, -0.1) is 12.4 Å². The first-order valence-electron chi connectivity index (χ1n) is 6.98. The highest BCUT2D eigenvalue weighted by Gasteiger charge is 2.20. The van der Waals surface area contributed by atoms with Gasteiger partial charge in [-0.05, 0) is 44.1 Å². The summed E-state index contributed by atoms with van der Waals surface area (Å²) in [6.45, 7) is 4.60. The van der Waals surface area contributed by atoms with Crippen LogP contribution in [0.4, 0.5) is 5.69 Å². The van der Waals surface area contributed by atoms with Gasteiger partial charge in [-0.1, -0.05) is 19.1 Å². The minimum absolute atomic E-state index is 0. The third kappa shape index (κ3) is 4.78. The molecule has 2 rings (SSSR count). The van der Waals surface area contributed by atoms with Crippen LogP contribution in [-0.2, 0) is 11.2 Å². The van der Waals surface area contributed by atoms with Gasteiger partial charge in [0.2, 0.25) is 5.91 Å². The summed E-state index contributed by atoms with van der Waals surface area (Å²) in [6, 6.07) is 8.52. The number of nitrogens with zero attached hydrogens (tertiary/aromatic N) is 1. The number of anilines is 1. The van der Waals surface area contributed by atoms with E-state index in [0.29, 0.717) is 12.6 Å². The summed E-state index contributed by atoms with van der Waals surface area (Å²) in [5, 5.41) is 6.26. The maximum atomic E-state index is 12.0. The van der Waals surface area contributed by atoms with Crippen LogP contribution in [0.1, 0.15) is 18.9 Å². The molecule has 0 spiro atoms. The van der Waals surface area contributed by atoms with E-state index >= 15 is 0 Å². The summed E-state index contributed by atoms with van der Waals surface area (Å²) >= 11 is 0. The van der Waals surface area contributed by atoms with E-state index in [9.17, 15) is 4.79 Å². The van der Waals surface area contributed by atoms with E-state index in [2.05, 4.69) is 34.6 Å². The maximum Gasteiger partial charge on any atom is 0.238 e. The summed E-state index contributed by atoms with van der Waals surface area (Å²) in [5.41, 5.74) is 2.16. The average Bonchev–Trinajstić information content (AvgIpc) is 2.93. The van der Waals surface area contributed by atoms with Crippen LogP contribution in [-0.4, -0.2) is 43.5 Å². The van der Waals surface area contributed by atoms with Crippen molar-refractivity contribution in [3.05, 3.63) is 29.8 Å². The number of likely N-dealkylation sites (N-methyl/N-ethyl adjacent to an activating group) is 1. The van der Waals surface area contributed by atoms with Gasteiger partial charge in [-0.25, -0.2) is 0 Å². The number of hydrogen-bond acceptors (Lipinski definition) is 3. The molecule has 1 aromatic carbocycles. The zero-order valence-corrected chi connectivity index (χ0v) is 13.0. The molecule has 1 amide bonds. The zero-order valence-electron chi connectivity index (χ0n) is 12.2. The molecule has 1 aliphatic rings. The second kappa shape index (κ2) is 8.25. The molecular weight excluding hydrogens is 274 g/mol. The molecule has 1 saturated heterocycles. The minimum atomic E-state index is 0. The van der Waals surface area contributed by atoms with E-state index < -0.39 is 0 Å². The summed E-state index contributed by atoms with van der Waals surface area (Å²) < 4.78 is 0. The van der Waals surface area contributed by atoms with E-state index in [0.717, 1.165) is 31.6 Å². The normalized spacial score (nSPS) is 17.9. The quantitative estimate of drug-likeness (QED) is 0.872. The first kappa shape index (κ1) is 17.0.